The molecule has 43 heavy (non-hydrogen) atoms. The van der Waals surface area contributed by atoms with Gasteiger partial charge in [0.05, 0.1) is 0 Å². The van der Waals surface area contributed by atoms with E-state index < -0.39 is 81.3 Å². The molecule has 0 aliphatic rings. The van der Waals surface area contributed by atoms with Gasteiger partial charge in [0.25, 0.3) is 0 Å². The molecule has 0 saturated carbocycles. The molecule has 0 radical (unpaired) electrons. The van der Waals surface area contributed by atoms with E-state index in [4.69, 9.17) is 10.3 Å². The van der Waals surface area contributed by atoms with Gasteiger partial charge in [0.15, 0.2) is 6.67 Å². The summed E-state index contributed by atoms with van der Waals surface area (Å²) < 4.78 is 331. The SMILES string of the molecule is C=CCN.O=S(=O)(O)C(F)(F)C(F)(F)C(F)(F)C(F)(F)C(F)(F)C(F)(F)C(F)(F)C(F)(F)C(F)(F)C(F)(F)C(F)(F)CF. The highest BCUT2D eigenvalue weighted by Crippen LogP contribution is 2.67. The molecule has 0 atom stereocenters. The lowest BCUT2D eigenvalue weighted by Gasteiger charge is -2.45. The van der Waals surface area contributed by atoms with Crippen LogP contribution in [0.5, 0.6) is 0 Å². The molecular formula is C15H10F23NO3S. The van der Waals surface area contributed by atoms with Crippen molar-refractivity contribution >= 4 is 10.1 Å². The maximum absolute atomic E-state index is 13.5. The van der Waals surface area contributed by atoms with E-state index in [1.54, 1.807) is 6.08 Å². The molecule has 0 rings (SSSR count). The molecule has 0 aliphatic heterocycles. The normalized spacial score (nSPS) is 16.0. The summed E-state index contributed by atoms with van der Waals surface area (Å²) in [6.45, 7) is -0.294. The van der Waals surface area contributed by atoms with E-state index in [1.807, 2.05) is 0 Å². The van der Waals surface area contributed by atoms with Crippen LogP contribution in [0.15, 0.2) is 12.7 Å². The minimum Gasteiger partial charge on any atom is -0.327 e. The molecule has 0 heterocycles. The number of alkyl halides is 23. The fourth-order valence-corrected chi connectivity index (χ4v) is 2.49. The molecular weight excluding hydrogens is 711 g/mol. The Labute approximate surface area is 221 Å². The predicted octanol–water partition coefficient (Wildman–Crippen LogP) is 6.92. The monoisotopic (exact) mass is 721 g/mol. The molecule has 0 aromatic heterocycles. The van der Waals surface area contributed by atoms with E-state index in [0.29, 0.717) is 6.54 Å². The molecule has 0 saturated heterocycles. The summed E-state index contributed by atoms with van der Waals surface area (Å²) in [5.74, 6) is -89.8. The zero-order valence-electron chi connectivity index (χ0n) is 19.1. The smallest absolute Gasteiger partial charge is 0.327 e. The Kier molecular flexibility index (Phi) is 11.5. The molecule has 0 aliphatic carbocycles. The maximum atomic E-state index is 13.5. The van der Waals surface area contributed by atoms with Crippen LogP contribution in [0.2, 0.25) is 0 Å². The van der Waals surface area contributed by atoms with Crippen molar-refractivity contribution in [3.8, 4) is 0 Å². The van der Waals surface area contributed by atoms with Crippen molar-refractivity contribution in [2.24, 2.45) is 5.73 Å². The molecule has 0 aromatic carbocycles. The molecule has 4 nitrogen and oxygen atoms in total. The lowest BCUT2D eigenvalue weighted by atomic mass is 9.85. The van der Waals surface area contributed by atoms with Crippen molar-refractivity contribution in [2.45, 2.75) is 64.5 Å². The second-order valence-corrected chi connectivity index (χ2v) is 8.99. The Hall–Kier alpha value is -2.00. The van der Waals surface area contributed by atoms with Gasteiger partial charge < -0.3 is 5.73 Å². The van der Waals surface area contributed by atoms with Crippen LogP contribution in [0.1, 0.15) is 0 Å². The first-order valence-corrected chi connectivity index (χ1v) is 10.7. The summed E-state index contributed by atoms with van der Waals surface area (Å²) in [6.07, 6.45) is 1.65. The summed E-state index contributed by atoms with van der Waals surface area (Å²) >= 11 is 0. The van der Waals surface area contributed by atoms with Gasteiger partial charge in [-0.15, -0.1) is 6.58 Å². The topological polar surface area (TPSA) is 80.4 Å². The number of rotatable bonds is 13. The van der Waals surface area contributed by atoms with Crippen molar-refractivity contribution < 1.29 is 114 Å². The van der Waals surface area contributed by atoms with Crippen LogP contribution in [0.3, 0.4) is 0 Å². The Bertz CT molecular complexity index is 1100. The van der Waals surface area contributed by atoms with Crippen LogP contribution in [-0.2, 0) is 10.1 Å². The summed E-state index contributed by atoms with van der Waals surface area (Å²) in [4.78, 5) is 0. The van der Waals surface area contributed by atoms with Gasteiger partial charge in [0, 0.05) is 6.54 Å². The van der Waals surface area contributed by atoms with Crippen LogP contribution >= 0.6 is 0 Å². The third kappa shape index (κ3) is 5.66. The minimum absolute atomic E-state index is 0.583. The predicted molar refractivity (Wildman–Crippen MR) is 91.2 cm³/mol. The van der Waals surface area contributed by atoms with Crippen LogP contribution in [-0.4, -0.2) is 90.7 Å². The van der Waals surface area contributed by atoms with Crippen molar-refractivity contribution in [3.05, 3.63) is 12.7 Å². The fraction of sp³-hybridized carbons (Fsp3) is 0.867. The second-order valence-electron chi connectivity index (χ2n) is 7.52. The number of hydrogen-bond acceptors (Lipinski definition) is 3. The lowest BCUT2D eigenvalue weighted by Crippen LogP contribution is -2.78. The molecule has 0 amide bonds. The molecule has 0 spiro atoms. The average Bonchev–Trinajstić information content (AvgIpc) is 2.81. The van der Waals surface area contributed by atoms with Gasteiger partial charge in [-0.2, -0.15) is 105 Å². The summed E-state index contributed by atoms with van der Waals surface area (Å²) in [5.41, 5.74) is 4.91. The fourth-order valence-electron chi connectivity index (χ4n) is 2.04. The average molecular weight is 721 g/mol. The highest BCUT2D eigenvalue weighted by atomic mass is 32.2. The largest absolute Gasteiger partial charge is 0.438 e. The zero-order chi connectivity index (χ0) is 36.1. The molecule has 0 aromatic rings. The third-order valence-corrected chi connectivity index (χ3v) is 5.54. The first-order valence-electron chi connectivity index (χ1n) is 9.22. The highest BCUT2D eigenvalue weighted by Gasteiger charge is 2.99. The molecule has 260 valence electrons. The van der Waals surface area contributed by atoms with E-state index in [0.717, 1.165) is 0 Å². The van der Waals surface area contributed by atoms with Crippen molar-refractivity contribution in [1.82, 2.24) is 0 Å². The van der Waals surface area contributed by atoms with Gasteiger partial charge in [-0.3, -0.25) is 4.55 Å². The summed E-state index contributed by atoms with van der Waals surface area (Å²) in [7, 11) is -8.17. The number of nitrogens with two attached hydrogens (primary N) is 1. The standard InChI is InChI=1S/C12H3F23O3S.C3H7N/c13-1-2(14,15)3(16,17)4(18,19)5(20,21)6(22,23)7(24,25)8(26,27)9(28,29)10(30,31)11(32,33)12(34,35)39(36,37)38;1-2-3-4/h1H2,(H,36,37,38);2H,1,3-4H2. The lowest BCUT2D eigenvalue weighted by molar-refractivity contribution is -0.472. The number of halogens is 23. The second kappa shape index (κ2) is 11.4. The molecule has 0 fully saturated rings. The van der Waals surface area contributed by atoms with Crippen LogP contribution in [0, 0.1) is 0 Å². The Balaban J connectivity index is 0. The number of hydrogen-bond donors (Lipinski definition) is 2. The van der Waals surface area contributed by atoms with E-state index in [-0.39, 0.29) is 0 Å². The molecule has 0 unspecified atom stereocenters. The van der Waals surface area contributed by atoms with Gasteiger partial charge in [-0.25, -0.2) is 4.39 Å². The van der Waals surface area contributed by atoms with Crippen molar-refractivity contribution in [3.63, 3.8) is 0 Å². The molecule has 28 heteroatoms. The van der Waals surface area contributed by atoms with E-state index in [2.05, 4.69) is 6.58 Å². The summed E-state index contributed by atoms with van der Waals surface area (Å²) in [6, 6.07) is 0. The van der Waals surface area contributed by atoms with E-state index in [1.165, 1.54) is 0 Å². The first kappa shape index (κ1) is 43.1. The molecule has 0 bridgehead atoms. The van der Waals surface area contributed by atoms with Gasteiger partial charge in [0.1, 0.15) is 0 Å². The van der Waals surface area contributed by atoms with Crippen molar-refractivity contribution in [2.75, 3.05) is 13.2 Å². The Morgan fingerprint density at radius 3 is 0.860 bits per heavy atom. The van der Waals surface area contributed by atoms with Crippen molar-refractivity contribution in [1.29, 1.82) is 0 Å². The molecule has 3 N–H and O–H groups in total. The van der Waals surface area contributed by atoms with Crippen LogP contribution < -0.4 is 5.73 Å². The maximum Gasteiger partial charge on any atom is 0.438 e. The van der Waals surface area contributed by atoms with Gasteiger partial charge in [-0.1, -0.05) is 6.08 Å². The Morgan fingerprint density at radius 1 is 0.512 bits per heavy atom. The minimum atomic E-state index is -9.55. The zero-order valence-corrected chi connectivity index (χ0v) is 20.0. The third-order valence-electron chi connectivity index (χ3n) is 4.64. The van der Waals surface area contributed by atoms with E-state index >= 15 is 0 Å². The Morgan fingerprint density at radius 2 is 0.698 bits per heavy atom. The van der Waals surface area contributed by atoms with Gasteiger partial charge in [0.2, 0.25) is 0 Å². The quantitative estimate of drug-likeness (QED) is 0.123. The summed E-state index contributed by atoms with van der Waals surface area (Å²) in [5, 5.41) is -8.14. The van der Waals surface area contributed by atoms with E-state index in [9.17, 15) is 109 Å². The van der Waals surface area contributed by atoms with Gasteiger partial charge >= 0.3 is 74.6 Å². The first-order chi connectivity index (χ1) is 18.2. The van der Waals surface area contributed by atoms with Crippen LogP contribution in [0.4, 0.5) is 101 Å². The van der Waals surface area contributed by atoms with Crippen LogP contribution in [0.25, 0.3) is 0 Å². The highest BCUT2D eigenvalue weighted by molar-refractivity contribution is 7.87. The van der Waals surface area contributed by atoms with Gasteiger partial charge in [-0.05, 0) is 0 Å².